The predicted octanol–water partition coefficient (Wildman–Crippen LogP) is 1.61. The molecular weight excluding hydrogens is 258 g/mol. The molecule has 0 bridgehead atoms. The fourth-order valence-electron chi connectivity index (χ4n) is 1.04. The van der Waals surface area contributed by atoms with Crippen molar-refractivity contribution in [1.82, 2.24) is 0 Å². The Kier molecular flexibility index (Phi) is 3.69. The van der Waals surface area contributed by atoms with Gasteiger partial charge in [0, 0.05) is 4.47 Å². The van der Waals surface area contributed by atoms with E-state index in [-0.39, 0.29) is 0 Å². The number of benzene rings is 1. The largest absolute Gasteiger partial charge is 0.373 e. The normalized spacial score (nSPS) is 11.5. The lowest BCUT2D eigenvalue weighted by Crippen LogP contribution is -2.32. The number of hydrogen-bond acceptors (Lipinski definition) is 3. The summed E-state index contributed by atoms with van der Waals surface area (Å²) < 4.78 is 0.834. The molecule has 0 aliphatic carbocycles. The summed E-state index contributed by atoms with van der Waals surface area (Å²) in [6, 6.07) is 6.69. The van der Waals surface area contributed by atoms with Gasteiger partial charge in [0.05, 0.1) is 11.3 Å². The molecule has 0 heterocycles. The number of carbonyl (C=O) groups excluding carboxylic acids is 1. The Morgan fingerprint density at radius 3 is 2.87 bits per heavy atom. The average molecular weight is 268 g/mol. The Labute approximate surface area is 96.2 Å². The van der Waals surface area contributed by atoms with Crippen molar-refractivity contribution < 1.29 is 4.79 Å². The molecule has 1 unspecified atom stereocenters. The Balaban J connectivity index is 2.98. The predicted molar refractivity (Wildman–Crippen MR) is 61.1 cm³/mol. The van der Waals surface area contributed by atoms with Gasteiger partial charge in [0.15, 0.2) is 0 Å². The smallest absolute Gasteiger partial charge is 0.239 e. The highest BCUT2D eigenvalue weighted by Crippen LogP contribution is 2.21. The molecule has 15 heavy (non-hydrogen) atoms. The third-order valence-electron chi connectivity index (χ3n) is 1.90. The first-order valence-electron chi connectivity index (χ1n) is 4.30. The second-order valence-electron chi connectivity index (χ2n) is 3.07. The molecule has 0 aliphatic rings. The number of amides is 1. The summed E-state index contributed by atoms with van der Waals surface area (Å²) in [6.07, 6.45) is 0. The molecule has 1 aromatic carbocycles. The van der Waals surface area contributed by atoms with Gasteiger partial charge in [0.1, 0.15) is 12.1 Å². The topological polar surface area (TPSA) is 78.9 Å². The second-order valence-corrected chi connectivity index (χ2v) is 3.99. The van der Waals surface area contributed by atoms with Crippen molar-refractivity contribution in [1.29, 1.82) is 5.26 Å². The van der Waals surface area contributed by atoms with E-state index in [1.54, 1.807) is 25.1 Å². The molecule has 1 aromatic rings. The molecule has 0 fully saturated rings. The molecule has 1 amide bonds. The monoisotopic (exact) mass is 267 g/mol. The minimum absolute atomic E-state index is 0.459. The van der Waals surface area contributed by atoms with Gasteiger partial charge in [-0.2, -0.15) is 5.26 Å². The lowest BCUT2D eigenvalue weighted by atomic mass is 10.2. The van der Waals surface area contributed by atoms with Crippen LogP contribution in [0.3, 0.4) is 0 Å². The van der Waals surface area contributed by atoms with Crippen LogP contribution in [0.15, 0.2) is 22.7 Å². The lowest BCUT2D eigenvalue weighted by molar-refractivity contribution is -0.118. The van der Waals surface area contributed by atoms with E-state index >= 15 is 0 Å². The van der Waals surface area contributed by atoms with Gasteiger partial charge >= 0.3 is 0 Å². The highest BCUT2D eigenvalue weighted by atomic mass is 79.9. The van der Waals surface area contributed by atoms with E-state index < -0.39 is 11.9 Å². The van der Waals surface area contributed by atoms with Gasteiger partial charge in [0.25, 0.3) is 0 Å². The van der Waals surface area contributed by atoms with Crippen LogP contribution in [0, 0.1) is 11.3 Å². The third-order valence-corrected chi connectivity index (χ3v) is 2.39. The molecule has 5 heteroatoms. The van der Waals surface area contributed by atoms with Crippen LogP contribution in [-0.2, 0) is 4.79 Å². The van der Waals surface area contributed by atoms with E-state index in [4.69, 9.17) is 11.0 Å². The fraction of sp³-hybridized carbons (Fsp3) is 0.200. The first-order valence-corrected chi connectivity index (χ1v) is 5.09. The van der Waals surface area contributed by atoms with Crippen molar-refractivity contribution in [3.05, 3.63) is 28.2 Å². The molecule has 4 nitrogen and oxygen atoms in total. The minimum atomic E-state index is -0.508. The first-order chi connectivity index (χ1) is 7.04. The van der Waals surface area contributed by atoms with Gasteiger partial charge < -0.3 is 11.1 Å². The van der Waals surface area contributed by atoms with E-state index in [2.05, 4.69) is 21.2 Å². The number of nitrogens with two attached hydrogens (primary N) is 1. The van der Waals surface area contributed by atoms with Crippen molar-refractivity contribution >= 4 is 27.5 Å². The summed E-state index contributed by atoms with van der Waals surface area (Å²) in [7, 11) is 0. The van der Waals surface area contributed by atoms with Gasteiger partial charge in [-0.1, -0.05) is 15.9 Å². The Bertz CT molecular complexity index is 425. The summed E-state index contributed by atoms with van der Waals surface area (Å²) in [5, 5.41) is 11.7. The fourth-order valence-corrected chi connectivity index (χ4v) is 1.40. The number of halogens is 1. The van der Waals surface area contributed by atoms with Crippen molar-refractivity contribution in [3.63, 3.8) is 0 Å². The van der Waals surface area contributed by atoms with E-state index in [0.29, 0.717) is 11.3 Å². The van der Waals surface area contributed by atoms with Crippen molar-refractivity contribution in [2.45, 2.75) is 13.0 Å². The van der Waals surface area contributed by atoms with Gasteiger partial charge in [-0.3, -0.25) is 4.79 Å². The SMILES string of the molecule is CC(Nc1cc(Br)ccc1C#N)C(N)=O. The Morgan fingerprint density at radius 1 is 1.67 bits per heavy atom. The van der Waals surface area contributed by atoms with E-state index in [0.717, 1.165) is 4.47 Å². The van der Waals surface area contributed by atoms with Gasteiger partial charge in [0.2, 0.25) is 5.91 Å². The van der Waals surface area contributed by atoms with Crippen molar-refractivity contribution in [2.75, 3.05) is 5.32 Å². The summed E-state index contributed by atoms with van der Waals surface area (Å²) in [5.41, 5.74) is 6.19. The number of nitrogens with zero attached hydrogens (tertiary/aromatic N) is 1. The second kappa shape index (κ2) is 4.80. The third kappa shape index (κ3) is 2.96. The standard InChI is InChI=1S/C10H10BrN3O/c1-6(10(13)15)14-9-4-8(11)3-2-7(9)5-12/h2-4,6,14H,1H3,(H2,13,15). The quantitative estimate of drug-likeness (QED) is 0.873. The molecule has 0 saturated carbocycles. The average Bonchev–Trinajstić information content (AvgIpc) is 2.18. The summed E-state index contributed by atoms with van der Waals surface area (Å²) >= 11 is 3.29. The maximum absolute atomic E-state index is 10.9. The summed E-state index contributed by atoms with van der Waals surface area (Å²) in [6.45, 7) is 1.64. The molecule has 1 rings (SSSR count). The molecule has 1 atom stereocenters. The molecule has 0 spiro atoms. The van der Waals surface area contributed by atoms with Gasteiger partial charge in [-0.25, -0.2) is 0 Å². The number of nitriles is 1. The maximum atomic E-state index is 10.9. The Hall–Kier alpha value is -1.54. The zero-order chi connectivity index (χ0) is 11.4. The zero-order valence-electron chi connectivity index (χ0n) is 8.12. The highest BCUT2D eigenvalue weighted by molar-refractivity contribution is 9.10. The van der Waals surface area contributed by atoms with Crippen LogP contribution >= 0.6 is 15.9 Å². The molecule has 78 valence electrons. The molecule has 0 aliphatic heterocycles. The van der Waals surface area contributed by atoms with Crippen LogP contribution in [-0.4, -0.2) is 11.9 Å². The van der Waals surface area contributed by atoms with Crippen LogP contribution in [0.1, 0.15) is 12.5 Å². The number of primary amides is 1. The number of nitrogens with one attached hydrogen (secondary N) is 1. The van der Waals surface area contributed by atoms with E-state index in [1.165, 1.54) is 0 Å². The highest BCUT2D eigenvalue weighted by Gasteiger charge is 2.10. The number of carbonyl (C=O) groups is 1. The number of anilines is 1. The lowest BCUT2D eigenvalue weighted by Gasteiger charge is -2.12. The van der Waals surface area contributed by atoms with Crippen LogP contribution in [0.2, 0.25) is 0 Å². The minimum Gasteiger partial charge on any atom is -0.373 e. The maximum Gasteiger partial charge on any atom is 0.239 e. The van der Waals surface area contributed by atoms with E-state index in [9.17, 15) is 4.79 Å². The van der Waals surface area contributed by atoms with Gasteiger partial charge in [-0.15, -0.1) is 0 Å². The summed E-state index contributed by atoms with van der Waals surface area (Å²) in [4.78, 5) is 10.9. The summed E-state index contributed by atoms with van der Waals surface area (Å²) in [5.74, 6) is -0.459. The number of hydrogen-bond donors (Lipinski definition) is 2. The number of rotatable bonds is 3. The van der Waals surface area contributed by atoms with Gasteiger partial charge in [-0.05, 0) is 25.1 Å². The van der Waals surface area contributed by atoms with Crippen LogP contribution < -0.4 is 11.1 Å². The molecule has 3 N–H and O–H groups in total. The molecule has 0 aromatic heterocycles. The molecular formula is C10H10BrN3O. The first kappa shape index (κ1) is 11.5. The van der Waals surface area contributed by atoms with Crippen LogP contribution in [0.5, 0.6) is 0 Å². The Morgan fingerprint density at radius 2 is 2.33 bits per heavy atom. The van der Waals surface area contributed by atoms with Crippen LogP contribution in [0.25, 0.3) is 0 Å². The van der Waals surface area contributed by atoms with Crippen LogP contribution in [0.4, 0.5) is 5.69 Å². The molecule has 0 saturated heterocycles. The van der Waals surface area contributed by atoms with Crippen molar-refractivity contribution in [2.24, 2.45) is 5.73 Å². The zero-order valence-corrected chi connectivity index (χ0v) is 9.71. The molecule has 0 radical (unpaired) electrons. The van der Waals surface area contributed by atoms with Crippen molar-refractivity contribution in [3.8, 4) is 6.07 Å². The van der Waals surface area contributed by atoms with E-state index in [1.807, 2.05) is 6.07 Å².